The molecule has 3 N–H and O–H groups in total. The molecule has 0 atom stereocenters. The minimum Gasteiger partial charge on any atom is -0.409 e. The zero-order chi connectivity index (χ0) is 15.5. The van der Waals surface area contributed by atoms with Gasteiger partial charge in [-0.2, -0.15) is 13.2 Å². The Kier molecular flexibility index (Phi) is 4.98. The first kappa shape index (κ1) is 16.3. The molecule has 0 aliphatic carbocycles. The van der Waals surface area contributed by atoms with Gasteiger partial charge in [-0.3, -0.25) is 4.79 Å². The van der Waals surface area contributed by atoms with Gasteiger partial charge >= 0.3 is 6.18 Å². The van der Waals surface area contributed by atoms with Gasteiger partial charge in [-0.1, -0.05) is 21.1 Å². The van der Waals surface area contributed by atoms with E-state index in [2.05, 4.69) is 21.1 Å². The van der Waals surface area contributed by atoms with Crippen LogP contribution in [0.1, 0.15) is 15.9 Å². The number of amidine groups is 1. The molecule has 20 heavy (non-hydrogen) atoms. The van der Waals surface area contributed by atoms with Crippen LogP contribution in [0.4, 0.5) is 13.2 Å². The van der Waals surface area contributed by atoms with Crippen LogP contribution in [0, 0.1) is 0 Å². The van der Waals surface area contributed by atoms with Crippen LogP contribution in [0.2, 0.25) is 0 Å². The van der Waals surface area contributed by atoms with Crippen molar-refractivity contribution in [2.24, 2.45) is 10.9 Å². The number of benzene rings is 1. The Balaban J connectivity index is 3.06. The predicted molar refractivity (Wildman–Crippen MR) is 69.5 cm³/mol. The maximum absolute atomic E-state index is 12.7. The number of carbonyl (C=O) groups is 1. The lowest BCUT2D eigenvalue weighted by molar-refractivity contribution is -0.138. The van der Waals surface area contributed by atoms with E-state index in [0.717, 1.165) is 17.0 Å². The summed E-state index contributed by atoms with van der Waals surface area (Å²) in [4.78, 5) is 13.0. The molecule has 0 heterocycles. The summed E-state index contributed by atoms with van der Waals surface area (Å²) in [6, 6.07) is 3.15. The highest BCUT2D eigenvalue weighted by Gasteiger charge is 2.33. The molecule has 0 spiro atoms. The second kappa shape index (κ2) is 6.12. The van der Waals surface area contributed by atoms with E-state index in [4.69, 9.17) is 10.9 Å². The van der Waals surface area contributed by atoms with Gasteiger partial charge in [0, 0.05) is 17.1 Å². The molecule has 0 aromatic heterocycles. The minimum atomic E-state index is -4.57. The Labute approximate surface area is 121 Å². The van der Waals surface area contributed by atoms with E-state index in [-0.39, 0.29) is 22.4 Å². The van der Waals surface area contributed by atoms with Gasteiger partial charge in [-0.05, 0) is 18.2 Å². The molecule has 1 aromatic carbocycles. The second-order valence-electron chi connectivity index (χ2n) is 3.94. The number of halogens is 4. The number of alkyl halides is 3. The van der Waals surface area contributed by atoms with Crippen molar-refractivity contribution in [3.05, 3.63) is 33.8 Å². The quantitative estimate of drug-likeness (QED) is 0.378. The first-order chi connectivity index (χ1) is 9.16. The number of amides is 1. The summed E-state index contributed by atoms with van der Waals surface area (Å²) < 4.78 is 38.0. The van der Waals surface area contributed by atoms with Gasteiger partial charge in [-0.15, -0.1) is 0 Å². The molecule has 1 amide bonds. The molecule has 0 radical (unpaired) electrons. The predicted octanol–water partition coefficient (Wildman–Crippen LogP) is 2.29. The maximum Gasteiger partial charge on any atom is 0.417 e. The Morgan fingerprint density at radius 2 is 2.10 bits per heavy atom. The third-order valence-electron chi connectivity index (χ3n) is 2.39. The average molecular weight is 354 g/mol. The van der Waals surface area contributed by atoms with E-state index in [0.29, 0.717) is 0 Å². The maximum atomic E-state index is 12.7. The number of hydrogen-bond acceptors (Lipinski definition) is 3. The highest BCUT2D eigenvalue weighted by Crippen LogP contribution is 2.35. The standard InChI is InChI=1S/C11H11BrF3N3O2/c1-18(5-9(16)17-20)10(19)6-2-3-8(12)7(4-6)11(13,14)15/h2-4,20H,5H2,1H3,(H2,16,17). The molecular weight excluding hydrogens is 343 g/mol. The number of oxime groups is 1. The molecule has 5 nitrogen and oxygen atoms in total. The third kappa shape index (κ3) is 3.86. The van der Waals surface area contributed by atoms with Gasteiger partial charge in [0.15, 0.2) is 5.84 Å². The molecule has 1 rings (SSSR count). The summed E-state index contributed by atoms with van der Waals surface area (Å²) in [5.74, 6) is -0.899. The number of carbonyl (C=O) groups excluding carboxylic acids is 1. The number of likely N-dealkylation sites (N-methyl/N-ethyl adjacent to an activating group) is 1. The summed E-state index contributed by atoms with van der Waals surface area (Å²) in [5, 5.41) is 11.1. The Morgan fingerprint density at radius 3 is 2.60 bits per heavy atom. The Hall–Kier alpha value is -1.77. The van der Waals surface area contributed by atoms with Crippen LogP contribution in [0.25, 0.3) is 0 Å². The van der Waals surface area contributed by atoms with Crippen LogP contribution in [-0.4, -0.2) is 35.4 Å². The number of rotatable bonds is 3. The lowest BCUT2D eigenvalue weighted by atomic mass is 10.1. The third-order valence-corrected chi connectivity index (χ3v) is 3.08. The summed E-state index contributed by atoms with van der Waals surface area (Å²) in [6.45, 7) is -0.202. The van der Waals surface area contributed by atoms with Crippen molar-refractivity contribution in [2.45, 2.75) is 6.18 Å². The van der Waals surface area contributed by atoms with Crippen molar-refractivity contribution in [3.63, 3.8) is 0 Å². The zero-order valence-electron chi connectivity index (χ0n) is 10.3. The van der Waals surface area contributed by atoms with E-state index in [1.54, 1.807) is 0 Å². The molecule has 0 fully saturated rings. The Bertz CT molecular complexity index is 546. The summed E-state index contributed by atoms with van der Waals surface area (Å²) in [7, 11) is 1.33. The van der Waals surface area contributed by atoms with Gasteiger partial charge in [0.25, 0.3) is 5.91 Å². The highest BCUT2D eigenvalue weighted by atomic mass is 79.9. The summed E-state index contributed by atoms with van der Waals surface area (Å²) >= 11 is 2.79. The number of nitrogens with two attached hydrogens (primary N) is 1. The van der Waals surface area contributed by atoms with Crippen LogP contribution in [0.5, 0.6) is 0 Å². The number of hydrogen-bond donors (Lipinski definition) is 2. The molecule has 0 unspecified atom stereocenters. The first-order valence-electron chi connectivity index (χ1n) is 5.25. The molecule has 0 saturated carbocycles. The zero-order valence-corrected chi connectivity index (χ0v) is 11.9. The monoisotopic (exact) mass is 353 g/mol. The van der Waals surface area contributed by atoms with E-state index in [9.17, 15) is 18.0 Å². The van der Waals surface area contributed by atoms with Crippen LogP contribution in [0.15, 0.2) is 27.8 Å². The normalized spacial score (nSPS) is 12.3. The molecule has 9 heteroatoms. The van der Waals surface area contributed by atoms with Crippen LogP contribution in [-0.2, 0) is 6.18 Å². The van der Waals surface area contributed by atoms with E-state index in [1.807, 2.05) is 0 Å². The van der Waals surface area contributed by atoms with E-state index >= 15 is 0 Å². The molecule has 1 aromatic rings. The van der Waals surface area contributed by atoms with Crippen molar-refractivity contribution in [3.8, 4) is 0 Å². The van der Waals surface area contributed by atoms with Crippen molar-refractivity contribution in [1.29, 1.82) is 0 Å². The van der Waals surface area contributed by atoms with Gasteiger partial charge in [-0.25, -0.2) is 0 Å². The van der Waals surface area contributed by atoms with Gasteiger partial charge < -0.3 is 15.8 Å². The fraction of sp³-hybridized carbons (Fsp3) is 0.273. The molecule has 110 valence electrons. The number of nitrogens with zero attached hydrogens (tertiary/aromatic N) is 2. The van der Waals surface area contributed by atoms with Crippen molar-refractivity contribution >= 4 is 27.7 Å². The van der Waals surface area contributed by atoms with Crippen molar-refractivity contribution in [2.75, 3.05) is 13.6 Å². The van der Waals surface area contributed by atoms with Crippen molar-refractivity contribution in [1.82, 2.24) is 4.90 Å². The molecule has 0 saturated heterocycles. The van der Waals surface area contributed by atoms with Gasteiger partial charge in [0.05, 0.1) is 12.1 Å². The average Bonchev–Trinajstić information content (AvgIpc) is 2.36. The fourth-order valence-electron chi connectivity index (χ4n) is 1.44. The topological polar surface area (TPSA) is 78.9 Å². The highest BCUT2D eigenvalue weighted by molar-refractivity contribution is 9.10. The van der Waals surface area contributed by atoms with E-state index < -0.39 is 17.6 Å². The first-order valence-corrected chi connectivity index (χ1v) is 6.04. The van der Waals surface area contributed by atoms with Crippen LogP contribution < -0.4 is 5.73 Å². The van der Waals surface area contributed by atoms with Gasteiger partial charge in [0.1, 0.15) is 0 Å². The second-order valence-corrected chi connectivity index (χ2v) is 4.80. The SMILES string of the molecule is CN(C/C(N)=N/O)C(=O)c1ccc(Br)c(C(F)(F)F)c1. The molecular formula is C11H11BrF3N3O2. The minimum absolute atomic E-state index is 0.145. The van der Waals surface area contributed by atoms with Crippen molar-refractivity contribution < 1.29 is 23.2 Å². The Morgan fingerprint density at radius 1 is 1.50 bits per heavy atom. The molecule has 0 bridgehead atoms. The van der Waals surface area contributed by atoms with Crippen LogP contribution in [0.3, 0.4) is 0 Å². The lowest BCUT2D eigenvalue weighted by Gasteiger charge is -2.17. The van der Waals surface area contributed by atoms with Gasteiger partial charge in [0.2, 0.25) is 0 Å². The summed E-state index contributed by atoms with van der Waals surface area (Å²) in [5.41, 5.74) is 4.14. The molecule has 0 aliphatic heterocycles. The van der Waals surface area contributed by atoms with Crippen LogP contribution >= 0.6 is 15.9 Å². The fourth-order valence-corrected chi connectivity index (χ4v) is 1.91. The van der Waals surface area contributed by atoms with E-state index in [1.165, 1.54) is 13.1 Å². The molecule has 0 aliphatic rings. The largest absolute Gasteiger partial charge is 0.417 e. The smallest absolute Gasteiger partial charge is 0.409 e. The summed E-state index contributed by atoms with van der Waals surface area (Å²) in [6.07, 6.45) is -4.57. The lowest BCUT2D eigenvalue weighted by Crippen LogP contribution is -2.35.